The van der Waals surface area contributed by atoms with Gasteiger partial charge in [0.15, 0.2) is 0 Å². The zero-order valence-electron chi connectivity index (χ0n) is 7.43. The molecule has 0 bridgehead atoms. The number of benzene rings is 1. The average Bonchev–Trinajstić information content (AvgIpc) is 2.46. The van der Waals surface area contributed by atoms with Gasteiger partial charge in [-0.25, -0.2) is 13.2 Å². The molecule has 1 atom stereocenters. The quantitative estimate of drug-likeness (QED) is 0.742. The van der Waals surface area contributed by atoms with Crippen LogP contribution < -0.4 is 5.73 Å². The molecule has 1 unspecified atom stereocenters. The van der Waals surface area contributed by atoms with Crippen LogP contribution in [0.1, 0.15) is 35.6 Å². The molecule has 1 aliphatic rings. The molecular weight excluding hydrogens is 191 g/mol. The van der Waals surface area contributed by atoms with Crippen molar-refractivity contribution in [1.29, 1.82) is 0 Å². The fraction of sp³-hybridized carbons (Fsp3) is 0.400. The molecule has 1 aromatic rings. The summed E-state index contributed by atoms with van der Waals surface area (Å²) in [7, 11) is 0. The van der Waals surface area contributed by atoms with E-state index >= 15 is 0 Å². The van der Waals surface area contributed by atoms with Gasteiger partial charge in [-0.2, -0.15) is 0 Å². The summed E-state index contributed by atoms with van der Waals surface area (Å²) in [5.74, 6) is -0.851. The fourth-order valence-corrected chi connectivity index (χ4v) is 1.85. The molecule has 0 heterocycles. The van der Waals surface area contributed by atoms with Crippen LogP contribution in [0, 0.1) is 5.82 Å². The zero-order valence-corrected chi connectivity index (χ0v) is 7.43. The van der Waals surface area contributed by atoms with Crippen molar-refractivity contribution in [2.45, 2.75) is 25.3 Å². The van der Waals surface area contributed by atoms with Gasteiger partial charge in [-0.05, 0) is 36.1 Å². The van der Waals surface area contributed by atoms with Crippen LogP contribution in [-0.4, -0.2) is 0 Å². The van der Waals surface area contributed by atoms with Crippen LogP contribution in [-0.2, 0) is 6.42 Å². The number of halogens is 3. The molecule has 0 spiro atoms. The first-order valence-electron chi connectivity index (χ1n) is 4.45. The molecule has 0 aromatic heterocycles. The third-order valence-corrected chi connectivity index (χ3v) is 2.62. The van der Waals surface area contributed by atoms with Gasteiger partial charge < -0.3 is 5.73 Å². The van der Waals surface area contributed by atoms with Crippen LogP contribution in [0.25, 0.3) is 0 Å². The van der Waals surface area contributed by atoms with E-state index in [1.54, 1.807) is 0 Å². The Kier molecular flexibility index (Phi) is 2.23. The van der Waals surface area contributed by atoms with Crippen LogP contribution in [0.5, 0.6) is 0 Å². The molecule has 0 radical (unpaired) electrons. The average molecular weight is 201 g/mol. The van der Waals surface area contributed by atoms with Crippen molar-refractivity contribution < 1.29 is 13.2 Å². The van der Waals surface area contributed by atoms with Crippen molar-refractivity contribution in [2.75, 3.05) is 0 Å². The Labute approximate surface area is 79.7 Å². The van der Waals surface area contributed by atoms with Crippen LogP contribution in [0.3, 0.4) is 0 Å². The van der Waals surface area contributed by atoms with Gasteiger partial charge in [0.1, 0.15) is 5.82 Å². The summed E-state index contributed by atoms with van der Waals surface area (Å²) in [6, 6.07) is 2.18. The van der Waals surface area contributed by atoms with Gasteiger partial charge in [0.05, 0.1) is 5.56 Å². The van der Waals surface area contributed by atoms with Crippen molar-refractivity contribution in [2.24, 2.45) is 5.73 Å². The Morgan fingerprint density at radius 3 is 2.71 bits per heavy atom. The van der Waals surface area contributed by atoms with Crippen LogP contribution in [0.15, 0.2) is 12.1 Å². The van der Waals surface area contributed by atoms with Crippen LogP contribution in [0.4, 0.5) is 13.2 Å². The topological polar surface area (TPSA) is 26.0 Å². The summed E-state index contributed by atoms with van der Waals surface area (Å²) < 4.78 is 37.8. The SMILES string of the molecule is NC1CCc2cc(C(F)F)c(F)cc21. The van der Waals surface area contributed by atoms with Gasteiger partial charge >= 0.3 is 0 Å². The molecule has 1 aromatic carbocycles. The van der Waals surface area contributed by atoms with E-state index in [-0.39, 0.29) is 6.04 Å². The van der Waals surface area contributed by atoms with Gasteiger partial charge in [0.25, 0.3) is 6.43 Å². The number of rotatable bonds is 1. The lowest BCUT2D eigenvalue weighted by molar-refractivity contribution is 0.146. The van der Waals surface area contributed by atoms with Crippen molar-refractivity contribution in [3.05, 3.63) is 34.6 Å². The number of hydrogen-bond acceptors (Lipinski definition) is 1. The standard InChI is InChI=1S/C10H10F3N/c11-8-4-6-5(1-2-9(6)14)3-7(8)10(12)13/h3-4,9-10H,1-2,14H2. The number of hydrogen-bond donors (Lipinski definition) is 1. The smallest absolute Gasteiger partial charge is 0.266 e. The lowest BCUT2D eigenvalue weighted by Gasteiger charge is -2.08. The minimum absolute atomic E-state index is 0.203. The molecule has 0 fully saturated rings. The van der Waals surface area contributed by atoms with E-state index < -0.39 is 17.8 Å². The minimum atomic E-state index is -2.75. The second-order valence-electron chi connectivity index (χ2n) is 3.52. The molecule has 14 heavy (non-hydrogen) atoms. The van der Waals surface area contributed by atoms with E-state index in [2.05, 4.69) is 0 Å². The fourth-order valence-electron chi connectivity index (χ4n) is 1.85. The highest BCUT2D eigenvalue weighted by Gasteiger charge is 2.23. The summed E-state index contributed by atoms with van der Waals surface area (Å²) in [4.78, 5) is 0. The van der Waals surface area contributed by atoms with Crippen molar-refractivity contribution in [3.8, 4) is 0 Å². The first-order valence-corrected chi connectivity index (χ1v) is 4.45. The van der Waals surface area contributed by atoms with Gasteiger partial charge in [0, 0.05) is 6.04 Å². The number of aryl methyl sites for hydroxylation is 1. The zero-order chi connectivity index (χ0) is 10.3. The maximum absolute atomic E-state index is 13.1. The number of alkyl halides is 2. The third kappa shape index (κ3) is 1.39. The summed E-state index contributed by atoms with van der Waals surface area (Å²) in [5, 5.41) is 0. The van der Waals surface area contributed by atoms with Crippen LogP contribution >= 0.6 is 0 Å². The van der Waals surface area contributed by atoms with Crippen LogP contribution in [0.2, 0.25) is 0 Å². The molecule has 0 amide bonds. The molecule has 2 rings (SSSR count). The summed E-state index contributed by atoms with van der Waals surface area (Å²) in [6.45, 7) is 0. The molecular formula is C10H10F3N. The van der Waals surface area contributed by atoms with E-state index in [4.69, 9.17) is 5.73 Å². The molecule has 2 N–H and O–H groups in total. The van der Waals surface area contributed by atoms with E-state index in [9.17, 15) is 13.2 Å². The van der Waals surface area contributed by atoms with E-state index in [1.165, 1.54) is 6.07 Å². The van der Waals surface area contributed by atoms with Gasteiger partial charge in [0.2, 0.25) is 0 Å². The lowest BCUT2D eigenvalue weighted by Crippen LogP contribution is -2.06. The van der Waals surface area contributed by atoms with Crippen molar-refractivity contribution >= 4 is 0 Å². The predicted molar refractivity (Wildman–Crippen MR) is 46.6 cm³/mol. The van der Waals surface area contributed by atoms with E-state index in [1.807, 2.05) is 0 Å². The van der Waals surface area contributed by atoms with E-state index in [0.29, 0.717) is 18.4 Å². The second kappa shape index (κ2) is 3.28. The first-order chi connectivity index (χ1) is 6.59. The molecule has 1 aliphatic carbocycles. The number of nitrogens with two attached hydrogens (primary N) is 1. The lowest BCUT2D eigenvalue weighted by atomic mass is 10.0. The maximum Gasteiger partial charge on any atom is 0.266 e. The molecule has 76 valence electrons. The Morgan fingerprint density at radius 1 is 1.36 bits per heavy atom. The molecule has 0 saturated heterocycles. The highest BCUT2D eigenvalue weighted by Crippen LogP contribution is 2.33. The van der Waals surface area contributed by atoms with Gasteiger partial charge in [-0.3, -0.25) is 0 Å². The highest BCUT2D eigenvalue weighted by atomic mass is 19.3. The largest absolute Gasteiger partial charge is 0.324 e. The Hall–Kier alpha value is -1.03. The molecule has 0 saturated carbocycles. The Morgan fingerprint density at radius 2 is 2.07 bits per heavy atom. The summed E-state index contributed by atoms with van der Waals surface area (Å²) in [5.41, 5.74) is 6.60. The Balaban J connectivity index is 2.50. The summed E-state index contributed by atoms with van der Waals surface area (Å²) in [6.07, 6.45) is -1.38. The monoisotopic (exact) mass is 201 g/mol. The highest BCUT2D eigenvalue weighted by molar-refractivity contribution is 5.39. The first kappa shape index (κ1) is 9.52. The number of fused-ring (bicyclic) bond motifs is 1. The van der Waals surface area contributed by atoms with Crippen molar-refractivity contribution in [1.82, 2.24) is 0 Å². The van der Waals surface area contributed by atoms with Crippen molar-refractivity contribution in [3.63, 3.8) is 0 Å². The maximum atomic E-state index is 13.1. The van der Waals surface area contributed by atoms with E-state index in [0.717, 1.165) is 11.6 Å². The second-order valence-corrected chi connectivity index (χ2v) is 3.52. The third-order valence-electron chi connectivity index (χ3n) is 2.62. The minimum Gasteiger partial charge on any atom is -0.324 e. The Bertz CT molecular complexity index is 363. The van der Waals surface area contributed by atoms with Gasteiger partial charge in [-0.15, -0.1) is 0 Å². The predicted octanol–water partition coefficient (Wildman–Crippen LogP) is 2.71. The summed E-state index contributed by atoms with van der Waals surface area (Å²) >= 11 is 0. The van der Waals surface area contributed by atoms with Gasteiger partial charge in [-0.1, -0.05) is 0 Å². The normalized spacial score (nSPS) is 20.2. The molecule has 1 nitrogen and oxygen atoms in total. The molecule has 0 aliphatic heterocycles. The molecule has 4 heteroatoms.